The molecule has 1 saturated heterocycles. The Morgan fingerprint density at radius 1 is 0.967 bits per heavy atom. The number of carbonyl (C=O) groups excluding carboxylic acids is 2. The summed E-state index contributed by atoms with van der Waals surface area (Å²) >= 11 is 0. The quantitative estimate of drug-likeness (QED) is 0.711. The SMILES string of the molecule is COc1cccc(OC)c1OC1CCN(C(=O)c2ccccc2OCC(N)=O)CC1. The molecule has 30 heavy (non-hydrogen) atoms. The van der Waals surface area contributed by atoms with E-state index in [1.54, 1.807) is 43.4 Å². The highest BCUT2D eigenvalue weighted by Crippen LogP contribution is 2.38. The van der Waals surface area contributed by atoms with Gasteiger partial charge in [0.2, 0.25) is 5.75 Å². The van der Waals surface area contributed by atoms with E-state index in [9.17, 15) is 9.59 Å². The fourth-order valence-electron chi connectivity index (χ4n) is 3.37. The summed E-state index contributed by atoms with van der Waals surface area (Å²) < 4.78 is 22.3. The summed E-state index contributed by atoms with van der Waals surface area (Å²) in [6.07, 6.45) is 1.26. The van der Waals surface area contributed by atoms with Crippen molar-refractivity contribution in [3.8, 4) is 23.0 Å². The third kappa shape index (κ3) is 4.94. The molecule has 2 N–H and O–H groups in total. The van der Waals surface area contributed by atoms with Crippen LogP contribution in [0.25, 0.3) is 0 Å². The van der Waals surface area contributed by atoms with E-state index < -0.39 is 5.91 Å². The van der Waals surface area contributed by atoms with E-state index >= 15 is 0 Å². The van der Waals surface area contributed by atoms with E-state index in [0.29, 0.717) is 54.5 Å². The lowest BCUT2D eigenvalue weighted by atomic mass is 10.1. The van der Waals surface area contributed by atoms with Gasteiger partial charge < -0.3 is 29.6 Å². The van der Waals surface area contributed by atoms with Crippen molar-refractivity contribution in [2.45, 2.75) is 18.9 Å². The monoisotopic (exact) mass is 414 g/mol. The first kappa shape index (κ1) is 21.3. The molecule has 1 aliphatic rings. The molecule has 0 bridgehead atoms. The summed E-state index contributed by atoms with van der Waals surface area (Å²) in [5, 5.41) is 0. The summed E-state index contributed by atoms with van der Waals surface area (Å²) in [4.78, 5) is 25.7. The molecule has 0 aliphatic carbocycles. The highest BCUT2D eigenvalue weighted by atomic mass is 16.5. The number of carbonyl (C=O) groups is 2. The number of nitrogens with zero attached hydrogens (tertiary/aromatic N) is 1. The van der Waals surface area contributed by atoms with Crippen LogP contribution >= 0.6 is 0 Å². The summed E-state index contributed by atoms with van der Waals surface area (Å²) in [7, 11) is 3.17. The third-order valence-corrected chi connectivity index (χ3v) is 4.88. The second kappa shape index (κ2) is 9.87. The zero-order chi connectivity index (χ0) is 21.5. The molecule has 160 valence electrons. The van der Waals surface area contributed by atoms with E-state index in [-0.39, 0.29) is 18.6 Å². The first-order valence-electron chi connectivity index (χ1n) is 9.70. The van der Waals surface area contributed by atoms with Crippen molar-refractivity contribution in [3.63, 3.8) is 0 Å². The van der Waals surface area contributed by atoms with Gasteiger partial charge in [0, 0.05) is 25.9 Å². The molecule has 0 atom stereocenters. The maximum atomic E-state index is 13.0. The molecule has 0 unspecified atom stereocenters. The zero-order valence-corrected chi connectivity index (χ0v) is 17.1. The predicted octanol–water partition coefficient (Wildman–Crippen LogP) is 2.25. The van der Waals surface area contributed by atoms with Gasteiger partial charge in [0.05, 0.1) is 19.8 Å². The van der Waals surface area contributed by atoms with Gasteiger partial charge >= 0.3 is 0 Å². The van der Waals surface area contributed by atoms with Gasteiger partial charge in [-0.05, 0) is 24.3 Å². The fraction of sp³-hybridized carbons (Fsp3) is 0.364. The number of hydrogen-bond donors (Lipinski definition) is 1. The molecule has 2 aromatic rings. The van der Waals surface area contributed by atoms with Crippen molar-refractivity contribution in [1.29, 1.82) is 0 Å². The van der Waals surface area contributed by atoms with Gasteiger partial charge in [-0.15, -0.1) is 0 Å². The Labute approximate surface area is 175 Å². The maximum absolute atomic E-state index is 13.0. The molecule has 1 heterocycles. The summed E-state index contributed by atoms with van der Waals surface area (Å²) in [5.41, 5.74) is 5.55. The van der Waals surface area contributed by atoms with E-state index in [0.717, 1.165) is 0 Å². The number of ether oxygens (including phenoxy) is 4. The topological polar surface area (TPSA) is 100 Å². The summed E-state index contributed by atoms with van der Waals surface area (Å²) in [5.74, 6) is 1.38. The minimum absolute atomic E-state index is 0.0689. The van der Waals surface area contributed by atoms with E-state index in [1.807, 2.05) is 18.2 Å². The lowest BCUT2D eigenvalue weighted by Crippen LogP contribution is -2.42. The number of hydrogen-bond acceptors (Lipinski definition) is 6. The van der Waals surface area contributed by atoms with Gasteiger partial charge in [-0.25, -0.2) is 0 Å². The Hall–Kier alpha value is -3.42. The van der Waals surface area contributed by atoms with Crippen molar-refractivity contribution in [2.24, 2.45) is 5.73 Å². The van der Waals surface area contributed by atoms with Crippen molar-refractivity contribution in [2.75, 3.05) is 33.9 Å². The Morgan fingerprint density at radius 2 is 1.57 bits per heavy atom. The number of primary amides is 1. The number of methoxy groups -OCH3 is 2. The number of amides is 2. The molecule has 8 nitrogen and oxygen atoms in total. The number of likely N-dealkylation sites (tertiary alicyclic amines) is 1. The van der Waals surface area contributed by atoms with Gasteiger partial charge in [0.1, 0.15) is 11.9 Å². The van der Waals surface area contributed by atoms with Gasteiger partial charge in [0.25, 0.3) is 11.8 Å². The standard InChI is InChI=1S/C22H26N2O6/c1-27-18-8-5-9-19(28-2)21(18)30-15-10-12-24(13-11-15)22(26)16-6-3-4-7-17(16)29-14-20(23)25/h3-9,15H,10-14H2,1-2H3,(H2,23,25). The Bertz CT molecular complexity index is 871. The number of nitrogens with two attached hydrogens (primary N) is 1. The largest absolute Gasteiger partial charge is 0.493 e. The Morgan fingerprint density at radius 3 is 2.17 bits per heavy atom. The van der Waals surface area contributed by atoms with Gasteiger partial charge in [-0.2, -0.15) is 0 Å². The number of piperidine rings is 1. The molecule has 2 amide bonds. The van der Waals surface area contributed by atoms with Crippen molar-refractivity contribution < 1.29 is 28.5 Å². The molecule has 1 fully saturated rings. The van der Waals surface area contributed by atoms with Crippen molar-refractivity contribution in [1.82, 2.24) is 4.90 Å². The molecule has 3 rings (SSSR count). The Kier molecular flexibility index (Phi) is 7.00. The van der Waals surface area contributed by atoms with Crippen LogP contribution in [0.2, 0.25) is 0 Å². The zero-order valence-electron chi connectivity index (χ0n) is 17.1. The molecule has 0 spiro atoms. The van der Waals surface area contributed by atoms with Gasteiger partial charge in [-0.1, -0.05) is 18.2 Å². The molecular weight excluding hydrogens is 388 g/mol. The number of para-hydroxylation sites is 2. The van der Waals surface area contributed by atoms with E-state index in [4.69, 9.17) is 24.7 Å². The van der Waals surface area contributed by atoms with Crippen LogP contribution < -0.4 is 24.7 Å². The van der Waals surface area contributed by atoms with Gasteiger partial charge in [-0.3, -0.25) is 9.59 Å². The average Bonchev–Trinajstić information content (AvgIpc) is 2.78. The van der Waals surface area contributed by atoms with Crippen LogP contribution in [0.3, 0.4) is 0 Å². The normalized spacial score (nSPS) is 14.1. The molecule has 0 aromatic heterocycles. The number of rotatable bonds is 8. The third-order valence-electron chi connectivity index (χ3n) is 4.88. The van der Waals surface area contributed by atoms with Crippen LogP contribution in [0.15, 0.2) is 42.5 Å². The molecule has 2 aromatic carbocycles. The first-order chi connectivity index (χ1) is 14.5. The summed E-state index contributed by atoms with van der Waals surface area (Å²) in [6, 6.07) is 12.3. The highest BCUT2D eigenvalue weighted by Gasteiger charge is 2.27. The van der Waals surface area contributed by atoms with Crippen molar-refractivity contribution >= 4 is 11.8 Å². The average molecular weight is 414 g/mol. The fourth-order valence-corrected chi connectivity index (χ4v) is 3.37. The lowest BCUT2D eigenvalue weighted by molar-refractivity contribution is -0.119. The smallest absolute Gasteiger partial charge is 0.257 e. The molecular formula is C22H26N2O6. The minimum atomic E-state index is -0.595. The first-order valence-corrected chi connectivity index (χ1v) is 9.70. The summed E-state index contributed by atoms with van der Waals surface area (Å²) in [6.45, 7) is 0.789. The Balaban J connectivity index is 1.64. The van der Waals surface area contributed by atoms with Crippen LogP contribution in [0, 0.1) is 0 Å². The lowest BCUT2D eigenvalue weighted by Gasteiger charge is -2.33. The molecule has 0 radical (unpaired) electrons. The molecule has 1 aliphatic heterocycles. The molecule has 8 heteroatoms. The van der Waals surface area contributed by atoms with Crippen molar-refractivity contribution in [3.05, 3.63) is 48.0 Å². The van der Waals surface area contributed by atoms with E-state index in [2.05, 4.69) is 0 Å². The highest BCUT2D eigenvalue weighted by molar-refractivity contribution is 5.97. The van der Waals surface area contributed by atoms with Crippen LogP contribution in [0.1, 0.15) is 23.2 Å². The second-order valence-corrected chi connectivity index (χ2v) is 6.85. The predicted molar refractivity (Wildman–Crippen MR) is 110 cm³/mol. The van der Waals surface area contributed by atoms with E-state index in [1.165, 1.54) is 0 Å². The molecule has 0 saturated carbocycles. The van der Waals surface area contributed by atoms with Gasteiger partial charge in [0.15, 0.2) is 18.1 Å². The second-order valence-electron chi connectivity index (χ2n) is 6.85. The minimum Gasteiger partial charge on any atom is -0.493 e. The number of benzene rings is 2. The van der Waals surface area contributed by atoms with Crippen LogP contribution in [0.4, 0.5) is 0 Å². The van der Waals surface area contributed by atoms with Crippen LogP contribution in [-0.2, 0) is 4.79 Å². The maximum Gasteiger partial charge on any atom is 0.257 e. The van der Waals surface area contributed by atoms with Crippen LogP contribution in [0.5, 0.6) is 23.0 Å². The van der Waals surface area contributed by atoms with Crippen LogP contribution in [-0.4, -0.2) is 56.7 Å².